The van der Waals surface area contributed by atoms with Gasteiger partial charge in [0.15, 0.2) is 9.84 Å². The first-order valence-corrected chi connectivity index (χ1v) is 10.4. The van der Waals surface area contributed by atoms with Crippen LogP contribution in [-0.4, -0.2) is 37.0 Å². The number of sulfone groups is 1. The largest absolute Gasteiger partial charge is 0.426 e. The Hall–Kier alpha value is -1.11. The zero-order chi connectivity index (χ0) is 18.1. The molecule has 0 radical (unpaired) electrons. The van der Waals surface area contributed by atoms with Crippen LogP contribution in [0.1, 0.15) is 59.8 Å². The van der Waals surface area contributed by atoms with E-state index in [1.54, 1.807) is 6.92 Å². The quantitative estimate of drug-likeness (QED) is 0.755. The molecule has 6 nitrogen and oxygen atoms in total. The predicted molar refractivity (Wildman–Crippen MR) is 91.2 cm³/mol. The fourth-order valence-electron chi connectivity index (χ4n) is 3.49. The van der Waals surface area contributed by atoms with Crippen molar-refractivity contribution in [1.29, 1.82) is 0 Å². The molecule has 0 aromatic heterocycles. The molecule has 1 amide bonds. The molecule has 0 aromatic carbocycles. The Balaban J connectivity index is 2.24. The molecule has 24 heavy (non-hydrogen) atoms. The van der Waals surface area contributed by atoms with Gasteiger partial charge in [0.25, 0.3) is 0 Å². The van der Waals surface area contributed by atoms with Crippen LogP contribution in [0.15, 0.2) is 0 Å². The number of carbonyl (C=O) groups is 2. The summed E-state index contributed by atoms with van der Waals surface area (Å²) in [5, 5.41) is 2.20. The summed E-state index contributed by atoms with van der Waals surface area (Å²) in [7, 11) is -3.60. The lowest BCUT2D eigenvalue weighted by molar-refractivity contribution is -0.123. The summed E-state index contributed by atoms with van der Waals surface area (Å²) in [5.41, 5.74) is 0. The van der Waals surface area contributed by atoms with Crippen molar-refractivity contribution in [1.82, 2.24) is 5.32 Å². The second kappa shape index (κ2) is 7.02. The van der Waals surface area contributed by atoms with Crippen LogP contribution in [0.2, 0.25) is 0 Å². The molecule has 3 atom stereocenters. The highest BCUT2D eigenvalue weighted by Crippen LogP contribution is 2.50. The zero-order valence-electron chi connectivity index (χ0n) is 15.0. The zero-order valence-corrected chi connectivity index (χ0v) is 15.8. The van der Waals surface area contributed by atoms with Crippen molar-refractivity contribution < 1.29 is 22.7 Å². The van der Waals surface area contributed by atoms with Crippen molar-refractivity contribution in [2.45, 2.75) is 70.0 Å². The minimum Gasteiger partial charge on any atom is -0.426 e. The molecule has 138 valence electrons. The Morgan fingerprint density at radius 1 is 1.25 bits per heavy atom. The van der Waals surface area contributed by atoms with Gasteiger partial charge in [-0.15, -0.1) is 0 Å². The SMILES string of the molecule is CCC(=O)C1CC(OC(=O)NCC(C)C)(S(=O)(=O)C2CC2)CC1C. The van der Waals surface area contributed by atoms with Crippen molar-refractivity contribution >= 4 is 21.7 Å². The third kappa shape index (κ3) is 3.76. The van der Waals surface area contributed by atoms with Gasteiger partial charge in [-0.25, -0.2) is 13.2 Å². The van der Waals surface area contributed by atoms with E-state index in [1.807, 2.05) is 20.8 Å². The summed E-state index contributed by atoms with van der Waals surface area (Å²) in [6.45, 7) is 7.97. The van der Waals surface area contributed by atoms with Crippen LogP contribution < -0.4 is 5.32 Å². The summed E-state index contributed by atoms with van der Waals surface area (Å²) < 4.78 is 31.5. The average Bonchev–Trinajstić information content (AvgIpc) is 3.30. The van der Waals surface area contributed by atoms with Crippen LogP contribution in [-0.2, 0) is 19.4 Å². The van der Waals surface area contributed by atoms with E-state index < -0.39 is 26.1 Å². The van der Waals surface area contributed by atoms with E-state index in [-0.39, 0.29) is 36.4 Å². The van der Waals surface area contributed by atoms with Crippen molar-refractivity contribution in [3.8, 4) is 0 Å². The maximum Gasteiger partial charge on any atom is 0.408 e. The Bertz CT molecular complexity index is 596. The normalized spacial score (nSPS) is 30.4. The molecule has 0 saturated heterocycles. The van der Waals surface area contributed by atoms with Crippen LogP contribution in [0.4, 0.5) is 4.79 Å². The molecular weight excluding hydrogens is 330 g/mol. The van der Waals surface area contributed by atoms with Gasteiger partial charge < -0.3 is 10.1 Å². The van der Waals surface area contributed by atoms with E-state index in [4.69, 9.17) is 4.74 Å². The predicted octanol–water partition coefficient (Wildman–Crippen LogP) is 2.67. The number of hydrogen-bond acceptors (Lipinski definition) is 5. The smallest absolute Gasteiger partial charge is 0.408 e. The standard InChI is InChI=1S/C17H29NO5S/c1-5-15(19)14-9-17(8-12(14)4,24(21,22)13-6-7-13)23-16(20)18-10-11(2)3/h11-14H,5-10H2,1-4H3,(H,18,20). The van der Waals surface area contributed by atoms with Gasteiger partial charge in [-0.05, 0) is 24.7 Å². The Morgan fingerprint density at radius 2 is 1.88 bits per heavy atom. The van der Waals surface area contributed by atoms with Gasteiger partial charge in [0.05, 0.1) is 5.25 Å². The summed E-state index contributed by atoms with van der Waals surface area (Å²) in [4.78, 5) is 22.8. The third-order valence-electron chi connectivity index (χ3n) is 5.03. The Morgan fingerprint density at radius 3 is 2.38 bits per heavy atom. The van der Waals surface area contributed by atoms with Crippen molar-refractivity contribution in [2.75, 3.05) is 6.54 Å². The number of ether oxygens (including phenoxy) is 1. The summed E-state index contributed by atoms with van der Waals surface area (Å²) in [6.07, 6.45) is 1.19. The highest BCUT2D eigenvalue weighted by molar-refractivity contribution is 7.93. The monoisotopic (exact) mass is 359 g/mol. The van der Waals surface area contributed by atoms with Gasteiger partial charge in [-0.2, -0.15) is 0 Å². The highest BCUT2D eigenvalue weighted by atomic mass is 32.2. The molecule has 0 bridgehead atoms. The van der Waals surface area contributed by atoms with Crippen molar-refractivity contribution in [3.05, 3.63) is 0 Å². The van der Waals surface area contributed by atoms with Crippen LogP contribution in [0.25, 0.3) is 0 Å². The minimum atomic E-state index is -3.60. The molecule has 0 aromatic rings. The second-order valence-electron chi connectivity index (χ2n) is 7.63. The van der Waals surface area contributed by atoms with Crippen LogP contribution in [0, 0.1) is 17.8 Å². The molecule has 2 aliphatic carbocycles. The average molecular weight is 359 g/mol. The molecule has 0 heterocycles. The Kier molecular flexibility index (Phi) is 5.62. The number of ketones is 1. The number of rotatable bonds is 7. The number of Topliss-reactive ketones (excluding diaryl/α,β-unsaturated/α-hetero) is 1. The molecule has 3 unspecified atom stereocenters. The lowest BCUT2D eigenvalue weighted by Gasteiger charge is -2.29. The van der Waals surface area contributed by atoms with Crippen LogP contribution in [0.3, 0.4) is 0 Å². The van der Waals surface area contributed by atoms with E-state index >= 15 is 0 Å². The number of nitrogens with one attached hydrogen (secondary N) is 1. The molecule has 2 fully saturated rings. The van der Waals surface area contributed by atoms with Crippen LogP contribution in [0.5, 0.6) is 0 Å². The molecule has 1 N–H and O–H groups in total. The first-order valence-electron chi connectivity index (χ1n) is 8.86. The van der Waals surface area contributed by atoms with E-state index in [0.717, 1.165) is 0 Å². The molecular formula is C17H29NO5S. The Labute approximate surface area is 144 Å². The molecule has 0 spiro atoms. The maximum atomic E-state index is 13.0. The number of hydrogen-bond donors (Lipinski definition) is 1. The molecule has 0 aliphatic heterocycles. The van der Waals surface area contributed by atoms with E-state index in [9.17, 15) is 18.0 Å². The lowest BCUT2D eigenvalue weighted by Crippen LogP contribution is -2.46. The number of amides is 1. The van der Waals surface area contributed by atoms with Gasteiger partial charge in [0.2, 0.25) is 4.93 Å². The van der Waals surface area contributed by atoms with Gasteiger partial charge >= 0.3 is 6.09 Å². The van der Waals surface area contributed by atoms with Gasteiger partial charge in [0.1, 0.15) is 5.78 Å². The fraction of sp³-hybridized carbons (Fsp3) is 0.882. The minimum absolute atomic E-state index is 0.0431. The maximum absolute atomic E-state index is 13.0. The first kappa shape index (κ1) is 19.2. The van der Waals surface area contributed by atoms with Crippen LogP contribution >= 0.6 is 0 Å². The van der Waals surface area contributed by atoms with E-state index in [1.165, 1.54) is 0 Å². The highest BCUT2D eigenvalue weighted by Gasteiger charge is 2.60. The van der Waals surface area contributed by atoms with Gasteiger partial charge in [0, 0.05) is 31.7 Å². The summed E-state index contributed by atoms with van der Waals surface area (Å²) >= 11 is 0. The third-order valence-corrected chi connectivity index (χ3v) is 7.83. The lowest BCUT2D eigenvalue weighted by atomic mass is 9.92. The summed E-state index contributed by atoms with van der Waals surface area (Å²) in [6, 6.07) is 0. The molecule has 2 aliphatic rings. The molecule has 2 saturated carbocycles. The molecule has 7 heteroatoms. The van der Waals surface area contributed by atoms with E-state index in [2.05, 4.69) is 5.32 Å². The number of carbonyl (C=O) groups excluding carboxylic acids is 2. The van der Waals surface area contributed by atoms with Crippen molar-refractivity contribution in [3.63, 3.8) is 0 Å². The fourth-order valence-corrected chi connectivity index (χ4v) is 5.96. The summed E-state index contributed by atoms with van der Waals surface area (Å²) in [5.74, 6) is -0.183. The second-order valence-corrected chi connectivity index (χ2v) is 10.1. The first-order chi connectivity index (χ1) is 11.1. The van der Waals surface area contributed by atoms with Crippen molar-refractivity contribution in [2.24, 2.45) is 17.8 Å². The van der Waals surface area contributed by atoms with Gasteiger partial charge in [-0.1, -0.05) is 27.7 Å². The topological polar surface area (TPSA) is 89.5 Å². The van der Waals surface area contributed by atoms with E-state index in [0.29, 0.717) is 25.8 Å². The number of alkyl carbamates (subject to hydrolysis) is 1. The molecule has 2 rings (SSSR count). The van der Waals surface area contributed by atoms with Gasteiger partial charge in [-0.3, -0.25) is 4.79 Å².